The third-order valence-electron chi connectivity index (χ3n) is 3.13. The van der Waals surface area contributed by atoms with Crippen molar-refractivity contribution >= 4 is 11.9 Å². The molecular weight excluding hydrogens is 282 g/mol. The van der Waals surface area contributed by atoms with E-state index in [0.717, 1.165) is 0 Å². The van der Waals surface area contributed by atoms with Gasteiger partial charge in [-0.25, -0.2) is 4.79 Å². The van der Waals surface area contributed by atoms with Crippen molar-refractivity contribution in [3.8, 4) is 0 Å². The van der Waals surface area contributed by atoms with Crippen LogP contribution in [0.4, 0.5) is 0 Å². The van der Waals surface area contributed by atoms with Crippen molar-refractivity contribution in [3.63, 3.8) is 0 Å². The minimum atomic E-state index is -0.313. The second-order valence-corrected chi connectivity index (χ2v) is 5.23. The topological polar surface area (TPSA) is 64.6 Å². The van der Waals surface area contributed by atoms with Gasteiger partial charge in [0, 0.05) is 12.6 Å². The van der Waals surface area contributed by atoms with Crippen LogP contribution in [0.5, 0.6) is 0 Å². The van der Waals surface area contributed by atoms with E-state index in [0.29, 0.717) is 31.6 Å². The van der Waals surface area contributed by atoms with Gasteiger partial charge in [0.1, 0.15) is 6.10 Å². The highest BCUT2D eigenvalue weighted by atomic mass is 16.5. The summed E-state index contributed by atoms with van der Waals surface area (Å²) in [7, 11) is 0. The molecule has 0 aliphatic heterocycles. The number of carbonyl (C=O) groups excluding carboxylic acids is 2. The van der Waals surface area contributed by atoms with Gasteiger partial charge in [-0.05, 0) is 39.3 Å². The maximum Gasteiger partial charge on any atom is 0.338 e. The fourth-order valence-corrected chi connectivity index (χ4v) is 2.11. The van der Waals surface area contributed by atoms with Gasteiger partial charge in [0.05, 0.1) is 18.6 Å². The maximum absolute atomic E-state index is 11.9. The zero-order chi connectivity index (χ0) is 16.4. The molecule has 0 saturated carbocycles. The zero-order valence-corrected chi connectivity index (χ0v) is 13.5. The van der Waals surface area contributed by atoms with Crippen molar-refractivity contribution in [2.24, 2.45) is 0 Å². The molecule has 1 aromatic carbocycles. The molecule has 0 radical (unpaired) electrons. The van der Waals surface area contributed by atoms with Crippen LogP contribution >= 0.6 is 0 Å². The Morgan fingerprint density at radius 2 is 1.86 bits per heavy atom. The van der Waals surface area contributed by atoms with E-state index in [2.05, 4.69) is 5.32 Å². The molecule has 1 rings (SSSR count). The number of nitrogens with one attached hydrogen (secondary N) is 1. The van der Waals surface area contributed by atoms with Crippen LogP contribution in [-0.2, 0) is 14.3 Å². The second-order valence-electron chi connectivity index (χ2n) is 5.23. The molecule has 0 spiro atoms. The van der Waals surface area contributed by atoms with E-state index in [4.69, 9.17) is 9.47 Å². The highest BCUT2D eigenvalue weighted by Crippen LogP contribution is 2.08. The summed E-state index contributed by atoms with van der Waals surface area (Å²) in [5.74, 6) is -0.516. The van der Waals surface area contributed by atoms with Gasteiger partial charge < -0.3 is 14.8 Å². The quantitative estimate of drug-likeness (QED) is 0.710. The van der Waals surface area contributed by atoms with Crippen LogP contribution in [0.1, 0.15) is 44.0 Å². The number of carbonyl (C=O) groups is 2. The molecule has 2 atom stereocenters. The Bertz CT molecular complexity index is 461. The van der Waals surface area contributed by atoms with E-state index in [9.17, 15) is 9.59 Å². The Balaban J connectivity index is 2.25. The number of rotatable bonds is 9. The van der Waals surface area contributed by atoms with Crippen LogP contribution in [-0.4, -0.2) is 37.2 Å². The summed E-state index contributed by atoms with van der Waals surface area (Å²) in [6, 6.07) is 9.08. The highest BCUT2D eigenvalue weighted by Gasteiger charge is 2.14. The predicted molar refractivity (Wildman–Crippen MR) is 84.7 cm³/mol. The molecule has 2 unspecified atom stereocenters. The van der Waals surface area contributed by atoms with Gasteiger partial charge in [0.2, 0.25) is 0 Å². The summed E-state index contributed by atoms with van der Waals surface area (Å²) in [5.41, 5.74) is 0.553. The fraction of sp³-hybridized carbons (Fsp3) is 0.529. The molecule has 0 aliphatic rings. The summed E-state index contributed by atoms with van der Waals surface area (Å²) in [6.45, 7) is 6.61. The van der Waals surface area contributed by atoms with Crippen molar-refractivity contribution in [1.82, 2.24) is 5.32 Å². The zero-order valence-electron chi connectivity index (χ0n) is 13.5. The van der Waals surface area contributed by atoms with Crippen molar-refractivity contribution in [2.45, 2.75) is 45.8 Å². The monoisotopic (exact) mass is 307 g/mol. The second kappa shape index (κ2) is 9.95. The van der Waals surface area contributed by atoms with Crippen molar-refractivity contribution in [3.05, 3.63) is 35.9 Å². The Morgan fingerprint density at radius 1 is 1.18 bits per heavy atom. The van der Waals surface area contributed by atoms with E-state index in [-0.39, 0.29) is 24.1 Å². The molecular formula is C17H25NO4. The summed E-state index contributed by atoms with van der Waals surface area (Å²) < 4.78 is 10.3. The first kappa shape index (κ1) is 18.2. The van der Waals surface area contributed by atoms with E-state index in [1.807, 2.05) is 19.9 Å². The van der Waals surface area contributed by atoms with Crippen LogP contribution in [0.3, 0.4) is 0 Å². The van der Waals surface area contributed by atoms with Crippen LogP contribution in [0.2, 0.25) is 0 Å². The van der Waals surface area contributed by atoms with Gasteiger partial charge in [0.15, 0.2) is 0 Å². The third kappa shape index (κ3) is 7.22. The molecule has 1 aromatic rings. The molecule has 122 valence electrons. The SMILES string of the molecule is CCOC(=O)CCNC(C)CC(C)OC(=O)c1ccccc1. The number of hydrogen-bond acceptors (Lipinski definition) is 5. The van der Waals surface area contributed by atoms with Crippen LogP contribution in [0.15, 0.2) is 30.3 Å². The number of ether oxygens (including phenoxy) is 2. The van der Waals surface area contributed by atoms with Crippen molar-refractivity contribution < 1.29 is 19.1 Å². The largest absolute Gasteiger partial charge is 0.466 e. The van der Waals surface area contributed by atoms with Gasteiger partial charge in [-0.1, -0.05) is 18.2 Å². The Labute approximate surface area is 132 Å². The van der Waals surface area contributed by atoms with Crippen LogP contribution < -0.4 is 5.32 Å². The van der Waals surface area contributed by atoms with Crippen molar-refractivity contribution in [2.75, 3.05) is 13.2 Å². The molecule has 0 saturated heterocycles. The first-order valence-corrected chi connectivity index (χ1v) is 7.68. The summed E-state index contributed by atoms with van der Waals surface area (Å²) in [4.78, 5) is 23.1. The minimum Gasteiger partial charge on any atom is -0.466 e. The summed E-state index contributed by atoms with van der Waals surface area (Å²) in [5, 5.41) is 3.22. The predicted octanol–water partition coefficient (Wildman–Crippen LogP) is 2.55. The molecule has 0 fully saturated rings. The lowest BCUT2D eigenvalue weighted by molar-refractivity contribution is -0.143. The first-order chi connectivity index (χ1) is 10.5. The Morgan fingerprint density at radius 3 is 2.50 bits per heavy atom. The average molecular weight is 307 g/mol. The van der Waals surface area contributed by atoms with E-state index >= 15 is 0 Å². The Kier molecular flexibility index (Phi) is 8.22. The van der Waals surface area contributed by atoms with E-state index in [1.165, 1.54) is 0 Å². The molecule has 5 nitrogen and oxygen atoms in total. The number of esters is 2. The van der Waals surface area contributed by atoms with Gasteiger partial charge >= 0.3 is 11.9 Å². The third-order valence-corrected chi connectivity index (χ3v) is 3.13. The smallest absolute Gasteiger partial charge is 0.338 e. The lowest BCUT2D eigenvalue weighted by atomic mass is 10.1. The van der Waals surface area contributed by atoms with E-state index < -0.39 is 0 Å². The molecule has 0 aromatic heterocycles. The molecule has 0 bridgehead atoms. The fourth-order valence-electron chi connectivity index (χ4n) is 2.11. The molecule has 22 heavy (non-hydrogen) atoms. The molecule has 0 amide bonds. The minimum absolute atomic E-state index is 0.146. The van der Waals surface area contributed by atoms with Gasteiger partial charge in [-0.2, -0.15) is 0 Å². The standard InChI is InChI=1S/C17H25NO4/c1-4-21-16(19)10-11-18-13(2)12-14(3)22-17(20)15-8-6-5-7-9-15/h5-9,13-14,18H,4,10-12H2,1-3H3. The number of benzene rings is 1. The summed E-state index contributed by atoms with van der Waals surface area (Å²) >= 11 is 0. The molecule has 5 heteroatoms. The highest BCUT2D eigenvalue weighted by molar-refractivity contribution is 5.89. The van der Waals surface area contributed by atoms with Gasteiger partial charge in [-0.3, -0.25) is 4.79 Å². The normalized spacial score (nSPS) is 13.2. The van der Waals surface area contributed by atoms with E-state index in [1.54, 1.807) is 31.2 Å². The lowest BCUT2D eigenvalue weighted by Gasteiger charge is -2.19. The summed E-state index contributed by atoms with van der Waals surface area (Å²) in [6.07, 6.45) is 0.829. The van der Waals surface area contributed by atoms with Gasteiger partial charge in [0.25, 0.3) is 0 Å². The molecule has 1 N–H and O–H groups in total. The molecule has 0 heterocycles. The first-order valence-electron chi connectivity index (χ1n) is 7.68. The van der Waals surface area contributed by atoms with Gasteiger partial charge in [-0.15, -0.1) is 0 Å². The van der Waals surface area contributed by atoms with Crippen molar-refractivity contribution in [1.29, 1.82) is 0 Å². The van der Waals surface area contributed by atoms with Crippen LogP contribution in [0, 0.1) is 0 Å². The number of hydrogen-bond donors (Lipinski definition) is 1. The Hall–Kier alpha value is -1.88. The average Bonchev–Trinajstić information content (AvgIpc) is 2.48. The lowest BCUT2D eigenvalue weighted by Crippen LogP contribution is -2.32. The maximum atomic E-state index is 11.9. The molecule has 0 aliphatic carbocycles. The van der Waals surface area contributed by atoms with Crippen LogP contribution in [0.25, 0.3) is 0 Å².